The lowest BCUT2D eigenvalue weighted by molar-refractivity contribution is -0.137. The Bertz CT molecular complexity index is 773. The predicted molar refractivity (Wildman–Crippen MR) is 111 cm³/mol. The van der Waals surface area contributed by atoms with E-state index in [0.29, 0.717) is 12.5 Å². The first-order valence-corrected chi connectivity index (χ1v) is 9.81. The van der Waals surface area contributed by atoms with Gasteiger partial charge in [0.25, 0.3) is 0 Å². The Morgan fingerprint density at radius 3 is 2.11 bits per heavy atom. The largest absolute Gasteiger partial charge is 0.481 e. The van der Waals surface area contributed by atoms with Gasteiger partial charge in [-0.05, 0) is 74.0 Å². The van der Waals surface area contributed by atoms with E-state index in [1.807, 2.05) is 0 Å². The second kappa shape index (κ2) is 9.01. The van der Waals surface area contributed by atoms with E-state index in [1.165, 1.54) is 27.8 Å². The average molecular weight is 364 g/mol. The third-order valence-electron chi connectivity index (χ3n) is 5.53. The topological polar surface area (TPSA) is 40.5 Å². The molecule has 3 rings (SSSR count). The normalized spacial score (nSPS) is 14.3. The molecule has 0 radical (unpaired) electrons. The van der Waals surface area contributed by atoms with Gasteiger partial charge in [-0.15, -0.1) is 0 Å². The molecule has 1 unspecified atom stereocenters. The molecule has 2 aromatic rings. The SMILES string of the molecule is CN(C)C(CC=C1c2ccccc2CCc2ccccc21)CCCC(=O)O. The molecule has 1 aliphatic carbocycles. The summed E-state index contributed by atoms with van der Waals surface area (Å²) in [6.45, 7) is 0. The van der Waals surface area contributed by atoms with Crippen molar-refractivity contribution in [3.63, 3.8) is 0 Å². The van der Waals surface area contributed by atoms with Crippen LogP contribution in [0, 0.1) is 0 Å². The number of hydrogen-bond acceptors (Lipinski definition) is 2. The first kappa shape index (κ1) is 19.4. The van der Waals surface area contributed by atoms with Crippen molar-refractivity contribution in [1.29, 1.82) is 0 Å². The van der Waals surface area contributed by atoms with Gasteiger partial charge in [0.2, 0.25) is 0 Å². The van der Waals surface area contributed by atoms with Gasteiger partial charge < -0.3 is 10.0 Å². The molecular formula is C24H29NO2. The van der Waals surface area contributed by atoms with Crippen LogP contribution in [0.25, 0.3) is 5.57 Å². The summed E-state index contributed by atoms with van der Waals surface area (Å²) in [6.07, 6.45) is 7.28. The molecular weight excluding hydrogens is 334 g/mol. The summed E-state index contributed by atoms with van der Waals surface area (Å²) < 4.78 is 0. The van der Waals surface area contributed by atoms with Gasteiger partial charge in [-0.1, -0.05) is 54.6 Å². The van der Waals surface area contributed by atoms with Crippen molar-refractivity contribution in [1.82, 2.24) is 4.90 Å². The van der Waals surface area contributed by atoms with E-state index in [9.17, 15) is 4.79 Å². The van der Waals surface area contributed by atoms with E-state index >= 15 is 0 Å². The van der Waals surface area contributed by atoms with Crippen LogP contribution < -0.4 is 0 Å². The zero-order valence-electron chi connectivity index (χ0n) is 16.3. The highest BCUT2D eigenvalue weighted by Gasteiger charge is 2.18. The number of aliphatic carboxylic acids is 1. The molecule has 27 heavy (non-hydrogen) atoms. The molecule has 1 N–H and O–H groups in total. The van der Waals surface area contributed by atoms with E-state index in [0.717, 1.165) is 25.7 Å². The minimum absolute atomic E-state index is 0.243. The van der Waals surface area contributed by atoms with Gasteiger partial charge in [-0.2, -0.15) is 0 Å². The van der Waals surface area contributed by atoms with Crippen molar-refractivity contribution in [2.24, 2.45) is 0 Å². The van der Waals surface area contributed by atoms with Crippen LogP contribution in [0.15, 0.2) is 54.6 Å². The molecule has 0 fully saturated rings. The number of carboxylic acid groups (broad SMARTS) is 1. The van der Waals surface area contributed by atoms with E-state index in [4.69, 9.17) is 5.11 Å². The number of benzene rings is 2. The quantitative estimate of drug-likeness (QED) is 0.769. The maximum Gasteiger partial charge on any atom is 0.303 e. The zero-order valence-corrected chi connectivity index (χ0v) is 16.3. The van der Waals surface area contributed by atoms with Crippen LogP contribution in [0.1, 0.15) is 47.9 Å². The van der Waals surface area contributed by atoms with Crippen molar-refractivity contribution >= 4 is 11.5 Å². The summed E-state index contributed by atoms with van der Waals surface area (Å²) in [7, 11) is 4.16. The average Bonchev–Trinajstić information content (AvgIpc) is 2.81. The van der Waals surface area contributed by atoms with Crippen LogP contribution in [0.4, 0.5) is 0 Å². The number of carbonyl (C=O) groups is 1. The highest BCUT2D eigenvalue weighted by molar-refractivity contribution is 5.83. The molecule has 0 amide bonds. The Labute approximate surface area is 162 Å². The molecule has 1 atom stereocenters. The summed E-state index contributed by atoms with van der Waals surface area (Å²) in [6, 6.07) is 17.8. The standard InChI is InChI=1S/C24H29NO2/c1-25(2)20(10-7-13-24(26)27)16-17-23-21-11-5-3-8-18(21)14-15-19-9-4-6-12-22(19)23/h3-6,8-9,11-12,17,20H,7,10,13-16H2,1-2H3,(H,26,27). The molecule has 0 heterocycles. The maximum absolute atomic E-state index is 10.8. The van der Waals surface area contributed by atoms with Gasteiger partial charge in [0.05, 0.1) is 0 Å². The van der Waals surface area contributed by atoms with Crippen LogP contribution in [-0.2, 0) is 17.6 Å². The molecule has 3 nitrogen and oxygen atoms in total. The smallest absolute Gasteiger partial charge is 0.303 e. The monoisotopic (exact) mass is 363 g/mol. The Kier molecular flexibility index (Phi) is 6.46. The lowest BCUT2D eigenvalue weighted by atomic mass is 9.92. The van der Waals surface area contributed by atoms with Gasteiger partial charge in [0.15, 0.2) is 0 Å². The van der Waals surface area contributed by atoms with Crippen molar-refractivity contribution in [3.05, 3.63) is 76.9 Å². The van der Waals surface area contributed by atoms with Crippen molar-refractivity contribution in [2.45, 2.75) is 44.6 Å². The van der Waals surface area contributed by atoms with Crippen molar-refractivity contribution < 1.29 is 9.90 Å². The van der Waals surface area contributed by atoms with Crippen molar-refractivity contribution in [2.75, 3.05) is 14.1 Å². The highest BCUT2D eigenvalue weighted by atomic mass is 16.4. The van der Waals surface area contributed by atoms with E-state index < -0.39 is 5.97 Å². The van der Waals surface area contributed by atoms with E-state index in [-0.39, 0.29) is 6.42 Å². The lowest BCUT2D eigenvalue weighted by Crippen LogP contribution is -2.27. The molecule has 0 aliphatic heterocycles. The van der Waals surface area contributed by atoms with Crippen LogP contribution in [0.5, 0.6) is 0 Å². The Balaban J connectivity index is 1.90. The van der Waals surface area contributed by atoms with Gasteiger partial charge >= 0.3 is 5.97 Å². The van der Waals surface area contributed by atoms with Gasteiger partial charge in [0, 0.05) is 12.5 Å². The number of rotatable bonds is 7. The third-order valence-corrected chi connectivity index (χ3v) is 5.53. The van der Waals surface area contributed by atoms with Gasteiger partial charge in [-0.3, -0.25) is 4.79 Å². The second-order valence-corrected chi connectivity index (χ2v) is 7.57. The Morgan fingerprint density at radius 2 is 1.59 bits per heavy atom. The van der Waals surface area contributed by atoms with Gasteiger partial charge in [0.1, 0.15) is 0 Å². The highest BCUT2D eigenvalue weighted by Crippen LogP contribution is 2.34. The fraction of sp³-hybridized carbons (Fsp3) is 0.375. The third kappa shape index (κ3) is 4.86. The maximum atomic E-state index is 10.8. The summed E-state index contributed by atoms with van der Waals surface area (Å²) in [5.41, 5.74) is 6.82. The van der Waals surface area contributed by atoms with Crippen molar-refractivity contribution in [3.8, 4) is 0 Å². The number of hydrogen-bond donors (Lipinski definition) is 1. The molecule has 2 aromatic carbocycles. The molecule has 1 aliphatic rings. The number of fused-ring (bicyclic) bond motifs is 2. The van der Waals surface area contributed by atoms with Crippen LogP contribution in [-0.4, -0.2) is 36.1 Å². The second-order valence-electron chi connectivity index (χ2n) is 7.57. The summed E-state index contributed by atoms with van der Waals surface area (Å²) in [5, 5.41) is 8.92. The molecule has 0 spiro atoms. The molecule has 0 saturated heterocycles. The minimum Gasteiger partial charge on any atom is -0.481 e. The van der Waals surface area contributed by atoms with Crippen LogP contribution in [0.2, 0.25) is 0 Å². The Morgan fingerprint density at radius 1 is 1.04 bits per heavy atom. The van der Waals surface area contributed by atoms with Gasteiger partial charge in [-0.25, -0.2) is 0 Å². The first-order valence-electron chi connectivity index (χ1n) is 9.81. The minimum atomic E-state index is -0.711. The first-order chi connectivity index (χ1) is 13.1. The predicted octanol–water partition coefficient (Wildman–Crippen LogP) is 4.79. The number of carboxylic acids is 1. The summed E-state index contributed by atoms with van der Waals surface area (Å²) >= 11 is 0. The fourth-order valence-corrected chi connectivity index (χ4v) is 3.97. The van der Waals surface area contributed by atoms with E-state index in [1.54, 1.807) is 0 Å². The fourth-order valence-electron chi connectivity index (χ4n) is 3.97. The molecule has 0 saturated carbocycles. The number of nitrogens with zero attached hydrogens (tertiary/aromatic N) is 1. The Hall–Kier alpha value is -2.39. The molecule has 142 valence electrons. The molecule has 0 bridgehead atoms. The van der Waals surface area contributed by atoms with E-state index in [2.05, 4.69) is 73.6 Å². The molecule has 0 aromatic heterocycles. The summed E-state index contributed by atoms with van der Waals surface area (Å²) in [4.78, 5) is 13.1. The number of aryl methyl sites for hydroxylation is 2. The summed E-state index contributed by atoms with van der Waals surface area (Å²) in [5.74, 6) is -0.711. The molecule has 3 heteroatoms. The lowest BCUT2D eigenvalue weighted by Gasteiger charge is -2.23. The van der Waals surface area contributed by atoms with Crippen LogP contribution >= 0.6 is 0 Å². The zero-order chi connectivity index (χ0) is 19.2. The van der Waals surface area contributed by atoms with Crippen LogP contribution in [0.3, 0.4) is 0 Å².